The Labute approximate surface area is 220 Å². The highest BCUT2D eigenvalue weighted by atomic mass is 19.4. The Balaban J connectivity index is 1.45. The van der Waals surface area contributed by atoms with E-state index in [1.54, 1.807) is 36.4 Å². The van der Waals surface area contributed by atoms with Gasteiger partial charge in [0.2, 0.25) is 0 Å². The molecule has 2 aliphatic rings. The molecule has 0 N–H and O–H groups in total. The minimum atomic E-state index is -4.56. The van der Waals surface area contributed by atoms with Gasteiger partial charge in [-0.1, -0.05) is 13.8 Å². The fourth-order valence-electron chi connectivity index (χ4n) is 5.26. The van der Waals surface area contributed by atoms with Gasteiger partial charge in [0, 0.05) is 43.8 Å². The van der Waals surface area contributed by atoms with Crippen molar-refractivity contribution in [1.82, 2.24) is 0 Å². The number of carbonyl (C=O) groups excluding carboxylic acids is 1. The van der Waals surface area contributed by atoms with Crippen LogP contribution in [0.2, 0.25) is 0 Å². The van der Waals surface area contributed by atoms with E-state index in [0.717, 1.165) is 6.42 Å². The molecule has 0 aromatic heterocycles. The predicted octanol–water partition coefficient (Wildman–Crippen LogP) is 6.24. The molecule has 2 aromatic rings. The molecule has 0 amide bonds. The largest absolute Gasteiger partial charge is 0.494 e. The van der Waals surface area contributed by atoms with Crippen LogP contribution in [0.3, 0.4) is 0 Å². The van der Waals surface area contributed by atoms with Crippen molar-refractivity contribution in [2.45, 2.75) is 58.4 Å². The Kier molecular flexibility index (Phi) is 8.47. The summed E-state index contributed by atoms with van der Waals surface area (Å²) < 4.78 is 66.7. The van der Waals surface area contributed by atoms with Gasteiger partial charge in [0.1, 0.15) is 35.4 Å². The smallest absolute Gasteiger partial charge is 0.431 e. The Bertz CT molecular complexity index is 1140. The quantitative estimate of drug-likeness (QED) is 0.281. The molecular formula is C28H33F4N3O3. The maximum absolute atomic E-state index is 14.6. The van der Waals surface area contributed by atoms with Crippen LogP contribution in [-0.2, 0) is 4.79 Å². The zero-order valence-corrected chi connectivity index (χ0v) is 21.7. The van der Waals surface area contributed by atoms with Gasteiger partial charge < -0.3 is 19.2 Å². The molecule has 10 heteroatoms. The summed E-state index contributed by atoms with van der Waals surface area (Å²) in [4.78, 5) is 13.2. The minimum absolute atomic E-state index is 0.0622. The van der Waals surface area contributed by atoms with Crippen LogP contribution in [0.5, 0.6) is 11.5 Å². The molecule has 2 heterocycles. The van der Waals surface area contributed by atoms with Gasteiger partial charge in [0.05, 0.1) is 24.0 Å². The Morgan fingerprint density at radius 1 is 1.11 bits per heavy atom. The number of piperidine rings is 1. The number of aldehydes is 1. The van der Waals surface area contributed by atoms with Crippen LogP contribution in [0.1, 0.15) is 40.0 Å². The van der Waals surface area contributed by atoms with E-state index < -0.39 is 23.8 Å². The highest BCUT2D eigenvalue weighted by Gasteiger charge is 2.48. The molecule has 206 valence electrons. The highest BCUT2D eigenvalue weighted by Crippen LogP contribution is 2.37. The van der Waals surface area contributed by atoms with Gasteiger partial charge >= 0.3 is 6.18 Å². The van der Waals surface area contributed by atoms with Crippen LogP contribution >= 0.6 is 0 Å². The summed E-state index contributed by atoms with van der Waals surface area (Å²) in [6.07, 6.45) is -2.58. The van der Waals surface area contributed by atoms with Gasteiger partial charge in [-0.2, -0.15) is 18.3 Å². The SMILES string of the molecule is CCOc1ccc(F)c(N2CCC(Oc3ccc(N4N=C(C(F)(F)F)C(C)[C@@H]4CC=O)cc3)C(CC)C2)c1. The molecule has 38 heavy (non-hydrogen) atoms. The van der Waals surface area contributed by atoms with Crippen molar-refractivity contribution in [3.8, 4) is 11.5 Å². The number of rotatable bonds is 9. The van der Waals surface area contributed by atoms with E-state index in [1.165, 1.54) is 18.0 Å². The van der Waals surface area contributed by atoms with Crippen molar-refractivity contribution in [3.05, 3.63) is 48.3 Å². The number of alkyl halides is 3. The third-order valence-corrected chi connectivity index (χ3v) is 7.31. The van der Waals surface area contributed by atoms with Crippen LogP contribution in [0.4, 0.5) is 28.9 Å². The molecule has 0 radical (unpaired) electrons. The van der Waals surface area contributed by atoms with Crippen molar-refractivity contribution in [2.24, 2.45) is 16.9 Å². The predicted molar refractivity (Wildman–Crippen MR) is 139 cm³/mol. The summed E-state index contributed by atoms with van der Waals surface area (Å²) in [6, 6.07) is 10.8. The van der Waals surface area contributed by atoms with E-state index in [2.05, 4.69) is 12.0 Å². The molecule has 3 unspecified atom stereocenters. The number of ether oxygens (including phenoxy) is 2. The van der Waals surface area contributed by atoms with E-state index >= 15 is 0 Å². The van der Waals surface area contributed by atoms with Crippen LogP contribution in [0, 0.1) is 17.7 Å². The average molecular weight is 536 g/mol. The van der Waals surface area contributed by atoms with Crippen LogP contribution < -0.4 is 19.4 Å². The number of halogens is 4. The monoisotopic (exact) mass is 535 g/mol. The molecule has 1 fully saturated rings. The molecule has 1 saturated heterocycles. The topological polar surface area (TPSA) is 54.4 Å². The van der Waals surface area contributed by atoms with Crippen molar-refractivity contribution < 1.29 is 31.8 Å². The van der Waals surface area contributed by atoms with Gasteiger partial charge in [-0.25, -0.2) is 4.39 Å². The first-order chi connectivity index (χ1) is 18.2. The van der Waals surface area contributed by atoms with Crippen molar-refractivity contribution in [1.29, 1.82) is 0 Å². The first kappa shape index (κ1) is 27.7. The maximum Gasteiger partial charge on any atom is 0.431 e. The first-order valence-corrected chi connectivity index (χ1v) is 13.0. The van der Waals surface area contributed by atoms with Crippen LogP contribution in [0.15, 0.2) is 47.6 Å². The van der Waals surface area contributed by atoms with Crippen molar-refractivity contribution in [3.63, 3.8) is 0 Å². The second kappa shape index (κ2) is 11.6. The Morgan fingerprint density at radius 2 is 1.82 bits per heavy atom. The normalized spacial score (nSPS) is 23.8. The summed E-state index contributed by atoms with van der Waals surface area (Å²) in [5, 5.41) is 5.11. The molecule has 4 atom stereocenters. The van der Waals surface area contributed by atoms with E-state index in [9.17, 15) is 22.4 Å². The van der Waals surface area contributed by atoms with E-state index in [0.29, 0.717) is 55.3 Å². The number of anilines is 2. The van der Waals surface area contributed by atoms with Crippen LogP contribution in [-0.4, -0.2) is 50.0 Å². The number of hydrogen-bond acceptors (Lipinski definition) is 6. The Morgan fingerprint density at radius 3 is 2.45 bits per heavy atom. The van der Waals surface area contributed by atoms with Gasteiger partial charge in [-0.05, 0) is 49.7 Å². The van der Waals surface area contributed by atoms with E-state index in [4.69, 9.17) is 9.47 Å². The zero-order chi connectivity index (χ0) is 27.4. The summed E-state index contributed by atoms with van der Waals surface area (Å²) >= 11 is 0. The third kappa shape index (κ3) is 5.89. The molecule has 0 aliphatic carbocycles. The number of hydrogen-bond donors (Lipinski definition) is 0. The molecule has 2 aliphatic heterocycles. The standard InChI is InChI=1S/C28H33F4N3O3/c1-4-19-17-34(25-16-22(37-5-2)10-11-23(25)29)14-12-26(19)38-21-8-6-20(7-9-21)35-24(13-15-36)18(3)27(33-35)28(30,31)32/h6-11,15-16,18-19,24,26H,4-5,12-14,17H2,1-3H3/t18?,19?,24-,26?/m0/s1. The fourth-order valence-corrected chi connectivity index (χ4v) is 5.26. The second-order valence-corrected chi connectivity index (χ2v) is 9.69. The lowest BCUT2D eigenvalue weighted by Crippen LogP contribution is -2.45. The van der Waals surface area contributed by atoms with Gasteiger partial charge in [-0.15, -0.1) is 0 Å². The fraction of sp³-hybridized carbons (Fsp3) is 0.500. The highest BCUT2D eigenvalue weighted by molar-refractivity contribution is 5.95. The number of benzene rings is 2. The first-order valence-electron chi connectivity index (χ1n) is 13.0. The maximum atomic E-state index is 14.6. The second-order valence-electron chi connectivity index (χ2n) is 9.69. The van der Waals surface area contributed by atoms with Crippen LogP contribution in [0.25, 0.3) is 0 Å². The summed E-state index contributed by atoms with van der Waals surface area (Å²) in [5.41, 5.74) is 0.0907. The minimum Gasteiger partial charge on any atom is -0.494 e. The number of hydrazone groups is 1. The van der Waals surface area contributed by atoms with Gasteiger partial charge in [0.15, 0.2) is 0 Å². The van der Waals surface area contributed by atoms with E-state index in [-0.39, 0.29) is 24.3 Å². The summed E-state index contributed by atoms with van der Waals surface area (Å²) in [7, 11) is 0. The lowest BCUT2D eigenvalue weighted by Gasteiger charge is -2.39. The Hall–Kier alpha value is -3.30. The molecule has 6 nitrogen and oxygen atoms in total. The molecular weight excluding hydrogens is 502 g/mol. The van der Waals surface area contributed by atoms with E-state index in [1.807, 2.05) is 11.8 Å². The molecule has 2 aromatic carbocycles. The zero-order valence-electron chi connectivity index (χ0n) is 21.7. The lowest BCUT2D eigenvalue weighted by atomic mass is 9.91. The molecule has 0 spiro atoms. The molecule has 0 bridgehead atoms. The molecule has 0 saturated carbocycles. The van der Waals surface area contributed by atoms with Crippen molar-refractivity contribution in [2.75, 3.05) is 29.6 Å². The lowest BCUT2D eigenvalue weighted by molar-refractivity contribution is -0.108. The van der Waals surface area contributed by atoms with Gasteiger partial charge in [-0.3, -0.25) is 5.01 Å². The average Bonchev–Trinajstić information content (AvgIpc) is 3.23. The number of nitrogens with zero attached hydrogens (tertiary/aromatic N) is 3. The summed E-state index contributed by atoms with van der Waals surface area (Å²) in [6.45, 7) is 7.13. The third-order valence-electron chi connectivity index (χ3n) is 7.31. The van der Waals surface area contributed by atoms with Gasteiger partial charge in [0.25, 0.3) is 0 Å². The number of carbonyl (C=O) groups is 1. The summed E-state index contributed by atoms with van der Waals surface area (Å²) in [5.74, 6) is 0.151. The molecule has 4 rings (SSSR count). The van der Waals surface area contributed by atoms with Crippen molar-refractivity contribution >= 4 is 23.4 Å².